The van der Waals surface area contributed by atoms with Crippen LogP contribution in [0.15, 0.2) is 36.8 Å². The van der Waals surface area contributed by atoms with E-state index in [1.165, 1.54) is 6.20 Å². The molecule has 0 aromatic carbocycles. The first-order chi connectivity index (χ1) is 12.8. The van der Waals surface area contributed by atoms with Crippen molar-refractivity contribution in [2.45, 2.75) is 19.0 Å². The van der Waals surface area contributed by atoms with E-state index in [0.29, 0.717) is 27.9 Å². The third-order valence-corrected chi connectivity index (χ3v) is 4.13. The molecule has 0 saturated carbocycles. The van der Waals surface area contributed by atoms with Gasteiger partial charge in [-0.15, -0.1) is 0 Å². The lowest BCUT2D eigenvalue weighted by Crippen LogP contribution is -2.14. The standard InChI is InChI=1S/C17H13F3N6O/c18-17(19,20)5-4-11-22-8-10-9(7-23-16(10)24-11)13-14(15(21)27)26-6-2-1-3-12(26)25-13/h1-3,6-8H,4-5H2,(H2,21,27)(H,22,23,24). The van der Waals surface area contributed by atoms with E-state index in [1.54, 1.807) is 35.0 Å². The van der Waals surface area contributed by atoms with Gasteiger partial charge in [0.2, 0.25) is 0 Å². The van der Waals surface area contributed by atoms with Crippen LogP contribution in [-0.2, 0) is 6.42 Å². The van der Waals surface area contributed by atoms with Crippen LogP contribution in [-0.4, -0.2) is 36.4 Å². The molecule has 27 heavy (non-hydrogen) atoms. The second-order valence-corrected chi connectivity index (χ2v) is 5.97. The van der Waals surface area contributed by atoms with E-state index in [-0.39, 0.29) is 17.9 Å². The summed E-state index contributed by atoms with van der Waals surface area (Å²) in [7, 11) is 0. The molecular formula is C17H13F3N6O. The van der Waals surface area contributed by atoms with Crippen LogP contribution in [0.1, 0.15) is 22.7 Å². The Labute approximate surface area is 150 Å². The number of primary amides is 1. The Morgan fingerprint density at radius 2 is 2.07 bits per heavy atom. The van der Waals surface area contributed by atoms with Crippen molar-refractivity contribution in [1.29, 1.82) is 0 Å². The number of alkyl halides is 3. The number of halogens is 3. The molecule has 0 aliphatic rings. The third-order valence-electron chi connectivity index (χ3n) is 4.13. The van der Waals surface area contributed by atoms with E-state index in [1.807, 2.05) is 0 Å². The van der Waals surface area contributed by atoms with Gasteiger partial charge in [0.05, 0.1) is 6.42 Å². The van der Waals surface area contributed by atoms with Crippen molar-refractivity contribution >= 4 is 22.6 Å². The molecule has 0 aliphatic heterocycles. The highest BCUT2D eigenvalue weighted by molar-refractivity contribution is 6.03. The average Bonchev–Trinajstić information content (AvgIpc) is 3.19. The zero-order valence-corrected chi connectivity index (χ0v) is 13.8. The number of aryl methyl sites for hydroxylation is 1. The molecule has 138 valence electrons. The van der Waals surface area contributed by atoms with E-state index in [9.17, 15) is 18.0 Å². The smallest absolute Gasteiger partial charge is 0.364 e. The van der Waals surface area contributed by atoms with Crippen molar-refractivity contribution in [1.82, 2.24) is 24.3 Å². The molecule has 4 aromatic heterocycles. The lowest BCUT2D eigenvalue weighted by molar-refractivity contribution is -0.134. The summed E-state index contributed by atoms with van der Waals surface area (Å²) in [5.74, 6) is -0.570. The number of hydrogen-bond donors (Lipinski definition) is 2. The Balaban J connectivity index is 1.80. The van der Waals surface area contributed by atoms with E-state index >= 15 is 0 Å². The number of fused-ring (bicyclic) bond motifs is 2. The van der Waals surface area contributed by atoms with Gasteiger partial charge in [0, 0.05) is 36.0 Å². The Morgan fingerprint density at radius 1 is 1.26 bits per heavy atom. The van der Waals surface area contributed by atoms with E-state index < -0.39 is 18.5 Å². The Kier molecular flexibility index (Phi) is 3.83. The lowest BCUT2D eigenvalue weighted by Gasteiger charge is -2.05. The highest BCUT2D eigenvalue weighted by Gasteiger charge is 2.27. The number of hydrogen-bond acceptors (Lipinski definition) is 4. The highest BCUT2D eigenvalue weighted by atomic mass is 19.4. The van der Waals surface area contributed by atoms with Crippen molar-refractivity contribution in [3.63, 3.8) is 0 Å². The number of nitrogens with zero attached hydrogens (tertiary/aromatic N) is 4. The van der Waals surface area contributed by atoms with Crippen LogP contribution in [0.4, 0.5) is 13.2 Å². The highest BCUT2D eigenvalue weighted by Crippen LogP contribution is 2.30. The Bertz CT molecular complexity index is 1160. The maximum Gasteiger partial charge on any atom is 0.389 e. The number of rotatable bonds is 4. The SMILES string of the molecule is NC(=O)c1c(-c2c[nH]c3nc(CCC(F)(F)F)ncc23)nc2ccccn12. The fraction of sp³-hybridized carbons (Fsp3) is 0.176. The molecule has 0 radical (unpaired) electrons. The number of nitrogens with one attached hydrogen (secondary N) is 1. The van der Waals surface area contributed by atoms with Crippen molar-refractivity contribution in [2.75, 3.05) is 0 Å². The third kappa shape index (κ3) is 3.09. The van der Waals surface area contributed by atoms with Gasteiger partial charge in [0.1, 0.15) is 28.5 Å². The van der Waals surface area contributed by atoms with Crippen LogP contribution >= 0.6 is 0 Å². The van der Waals surface area contributed by atoms with Crippen molar-refractivity contribution in [3.8, 4) is 11.3 Å². The molecule has 0 unspecified atom stereocenters. The summed E-state index contributed by atoms with van der Waals surface area (Å²) in [5.41, 5.74) is 7.54. The minimum atomic E-state index is -4.27. The first-order valence-electron chi connectivity index (χ1n) is 8.00. The molecule has 0 spiro atoms. The molecule has 0 aliphatic carbocycles. The van der Waals surface area contributed by atoms with Gasteiger partial charge in [-0.1, -0.05) is 6.07 Å². The van der Waals surface area contributed by atoms with Crippen molar-refractivity contribution < 1.29 is 18.0 Å². The van der Waals surface area contributed by atoms with Gasteiger partial charge in [-0.2, -0.15) is 13.2 Å². The van der Waals surface area contributed by atoms with Crippen LogP contribution in [0.5, 0.6) is 0 Å². The predicted octanol–water partition coefficient (Wildman–Crippen LogP) is 2.87. The first-order valence-corrected chi connectivity index (χ1v) is 8.00. The molecule has 4 rings (SSSR count). The van der Waals surface area contributed by atoms with Crippen molar-refractivity contribution in [3.05, 3.63) is 48.3 Å². The molecule has 3 N–H and O–H groups in total. The first kappa shape index (κ1) is 17.0. The summed E-state index contributed by atoms with van der Waals surface area (Å²) < 4.78 is 38.7. The minimum absolute atomic E-state index is 0.0818. The molecule has 0 saturated heterocycles. The van der Waals surface area contributed by atoms with Crippen LogP contribution in [0, 0.1) is 0 Å². The number of carbonyl (C=O) groups is 1. The van der Waals surface area contributed by atoms with Crippen LogP contribution in [0.2, 0.25) is 0 Å². The van der Waals surface area contributed by atoms with Crippen LogP contribution < -0.4 is 5.73 Å². The Morgan fingerprint density at radius 3 is 2.81 bits per heavy atom. The molecule has 0 fully saturated rings. The number of carbonyl (C=O) groups excluding carboxylic acids is 1. The minimum Gasteiger partial charge on any atom is -0.364 e. The molecule has 10 heteroatoms. The molecule has 7 nitrogen and oxygen atoms in total. The van der Waals surface area contributed by atoms with Gasteiger partial charge in [0.15, 0.2) is 0 Å². The number of aromatic nitrogens is 5. The quantitative estimate of drug-likeness (QED) is 0.573. The number of amides is 1. The van der Waals surface area contributed by atoms with E-state index in [4.69, 9.17) is 5.73 Å². The normalized spacial score (nSPS) is 12.1. The maximum absolute atomic E-state index is 12.4. The van der Waals surface area contributed by atoms with Gasteiger partial charge in [-0.3, -0.25) is 9.20 Å². The number of pyridine rings is 1. The number of imidazole rings is 1. The summed E-state index contributed by atoms with van der Waals surface area (Å²) in [4.78, 5) is 27.5. The van der Waals surface area contributed by atoms with Crippen LogP contribution in [0.25, 0.3) is 27.9 Å². The van der Waals surface area contributed by atoms with E-state index in [0.717, 1.165) is 0 Å². The van der Waals surface area contributed by atoms with E-state index in [2.05, 4.69) is 19.9 Å². The molecule has 4 aromatic rings. The largest absolute Gasteiger partial charge is 0.389 e. The van der Waals surface area contributed by atoms with Gasteiger partial charge in [-0.05, 0) is 12.1 Å². The molecule has 0 bridgehead atoms. The number of H-pyrrole nitrogens is 1. The van der Waals surface area contributed by atoms with Gasteiger partial charge in [0.25, 0.3) is 5.91 Å². The van der Waals surface area contributed by atoms with Gasteiger partial charge in [-0.25, -0.2) is 15.0 Å². The van der Waals surface area contributed by atoms with Crippen molar-refractivity contribution in [2.24, 2.45) is 5.73 Å². The average molecular weight is 374 g/mol. The fourth-order valence-electron chi connectivity index (χ4n) is 2.93. The van der Waals surface area contributed by atoms with Gasteiger partial charge >= 0.3 is 6.18 Å². The van der Waals surface area contributed by atoms with Crippen LogP contribution in [0.3, 0.4) is 0 Å². The summed E-state index contributed by atoms with van der Waals surface area (Å²) in [6, 6.07) is 5.26. The topological polar surface area (TPSA) is 102 Å². The Hall–Kier alpha value is -3.43. The predicted molar refractivity (Wildman–Crippen MR) is 91.0 cm³/mol. The second-order valence-electron chi connectivity index (χ2n) is 5.97. The zero-order chi connectivity index (χ0) is 19.2. The van der Waals surface area contributed by atoms with Gasteiger partial charge < -0.3 is 10.7 Å². The number of nitrogens with two attached hydrogens (primary N) is 1. The monoisotopic (exact) mass is 374 g/mol. The summed E-state index contributed by atoms with van der Waals surface area (Å²) in [6.07, 6.45) is -0.895. The summed E-state index contributed by atoms with van der Waals surface area (Å²) in [5, 5.41) is 0.539. The molecule has 0 atom stereocenters. The molecule has 4 heterocycles. The lowest BCUT2D eigenvalue weighted by atomic mass is 10.1. The maximum atomic E-state index is 12.4. The number of aromatic amines is 1. The fourth-order valence-corrected chi connectivity index (χ4v) is 2.93. The second kappa shape index (κ2) is 6.08. The molecule has 1 amide bonds. The summed E-state index contributed by atoms with van der Waals surface area (Å²) >= 11 is 0. The summed E-state index contributed by atoms with van der Waals surface area (Å²) in [6.45, 7) is 0. The molecular weight excluding hydrogens is 361 g/mol. The zero-order valence-electron chi connectivity index (χ0n) is 13.8.